The third kappa shape index (κ3) is 5.56. The fraction of sp³-hybridized carbons (Fsp3) is 0.263. The van der Waals surface area contributed by atoms with E-state index in [1.165, 1.54) is 22.3 Å². The quantitative estimate of drug-likeness (QED) is 0.654. The molecule has 0 radical (unpaired) electrons. The van der Waals surface area contributed by atoms with Gasteiger partial charge in [0.15, 0.2) is 0 Å². The maximum absolute atomic E-state index is 3.86. The van der Waals surface area contributed by atoms with Gasteiger partial charge in [0.25, 0.3) is 0 Å². The van der Waals surface area contributed by atoms with Crippen LogP contribution < -0.4 is 0 Å². The highest BCUT2D eigenvalue weighted by Gasteiger charge is 1.89. The van der Waals surface area contributed by atoms with Crippen LogP contribution in [0.15, 0.2) is 55.1 Å². The number of allylic oxidation sites excluding steroid dienone is 1. The first-order chi connectivity index (χ1) is 9.02. The summed E-state index contributed by atoms with van der Waals surface area (Å²) in [5.74, 6) is 0. The Morgan fingerprint density at radius 3 is 1.63 bits per heavy atom. The summed E-state index contributed by atoms with van der Waals surface area (Å²) in [4.78, 5) is 0. The smallest absolute Gasteiger partial charge is 0.0233 e. The van der Waals surface area contributed by atoms with E-state index in [0.29, 0.717) is 0 Å². The minimum Gasteiger partial charge on any atom is -0.0955 e. The van der Waals surface area contributed by atoms with E-state index < -0.39 is 0 Å². The van der Waals surface area contributed by atoms with Crippen LogP contribution in [0.4, 0.5) is 0 Å². The van der Waals surface area contributed by atoms with Crippen LogP contribution in [-0.4, -0.2) is 0 Å². The molecular weight excluding hydrogens is 228 g/mol. The fourth-order valence-electron chi connectivity index (χ4n) is 1.66. The Balaban J connectivity index is 0.000000191. The molecule has 2 aromatic rings. The highest BCUT2D eigenvalue weighted by Crippen LogP contribution is 2.11. The van der Waals surface area contributed by atoms with Crippen LogP contribution >= 0.6 is 0 Å². The number of aryl methyl sites for hydroxylation is 3. The van der Waals surface area contributed by atoms with Crippen molar-refractivity contribution in [3.8, 4) is 0 Å². The summed E-state index contributed by atoms with van der Waals surface area (Å²) >= 11 is 0. The van der Waals surface area contributed by atoms with E-state index >= 15 is 0 Å². The van der Waals surface area contributed by atoms with Gasteiger partial charge >= 0.3 is 0 Å². The maximum Gasteiger partial charge on any atom is -0.0233 e. The number of rotatable bonds is 2. The Morgan fingerprint density at radius 2 is 1.26 bits per heavy atom. The Hall–Kier alpha value is -1.82. The van der Waals surface area contributed by atoms with Crippen LogP contribution in [0.25, 0.3) is 5.57 Å². The lowest BCUT2D eigenvalue weighted by molar-refractivity contribution is 1.14. The first kappa shape index (κ1) is 15.2. The molecule has 0 amide bonds. The van der Waals surface area contributed by atoms with Crippen molar-refractivity contribution in [1.29, 1.82) is 0 Å². The van der Waals surface area contributed by atoms with Gasteiger partial charge in [0.1, 0.15) is 0 Å². The highest BCUT2D eigenvalue weighted by atomic mass is 13.9. The molecule has 0 atom stereocenters. The molecule has 0 heterocycles. The lowest BCUT2D eigenvalue weighted by Crippen LogP contribution is -1.77. The molecule has 2 aromatic carbocycles. The predicted octanol–water partition coefficient (Wildman–Crippen LogP) is 5.59. The molecule has 0 fully saturated rings. The minimum atomic E-state index is 1.13. The van der Waals surface area contributed by atoms with E-state index in [-0.39, 0.29) is 0 Å². The van der Waals surface area contributed by atoms with Gasteiger partial charge in [0.05, 0.1) is 0 Å². The molecule has 0 aliphatic heterocycles. The third-order valence-corrected chi connectivity index (χ3v) is 3.07. The zero-order chi connectivity index (χ0) is 14.3. The Kier molecular flexibility index (Phi) is 6.08. The van der Waals surface area contributed by atoms with E-state index in [4.69, 9.17) is 0 Å². The summed E-state index contributed by atoms with van der Waals surface area (Å²) in [5, 5.41) is 0. The monoisotopic (exact) mass is 252 g/mol. The first-order valence-corrected chi connectivity index (χ1v) is 6.81. The molecule has 0 spiro atoms. The third-order valence-electron chi connectivity index (χ3n) is 3.07. The lowest BCUT2D eigenvalue weighted by Gasteiger charge is -1.98. The van der Waals surface area contributed by atoms with Crippen LogP contribution in [-0.2, 0) is 6.42 Å². The molecule has 0 heteroatoms. The number of hydrogen-bond donors (Lipinski definition) is 0. The van der Waals surface area contributed by atoms with Crippen LogP contribution in [0, 0.1) is 13.8 Å². The Bertz CT molecular complexity index is 501. The van der Waals surface area contributed by atoms with Crippen molar-refractivity contribution in [2.24, 2.45) is 0 Å². The number of benzene rings is 2. The molecule has 0 N–H and O–H groups in total. The molecule has 0 unspecified atom stereocenters. The molecule has 0 saturated heterocycles. The van der Waals surface area contributed by atoms with Crippen molar-refractivity contribution >= 4 is 5.57 Å². The summed E-state index contributed by atoms with van der Waals surface area (Å²) in [6, 6.07) is 17.0. The average molecular weight is 252 g/mol. The van der Waals surface area contributed by atoms with Gasteiger partial charge in [-0.3, -0.25) is 0 Å². The normalized spacial score (nSPS) is 9.47. The van der Waals surface area contributed by atoms with Crippen LogP contribution in [0.5, 0.6) is 0 Å². The van der Waals surface area contributed by atoms with E-state index in [0.717, 1.165) is 12.0 Å². The Morgan fingerprint density at radius 1 is 0.842 bits per heavy atom. The molecular formula is C19H24. The van der Waals surface area contributed by atoms with E-state index in [9.17, 15) is 0 Å². The molecule has 100 valence electrons. The molecule has 0 nitrogen and oxygen atoms in total. The van der Waals surface area contributed by atoms with Crippen molar-refractivity contribution in [2.75, 3.05) is 0 Å². The van der Waals surface area contributed by atoms with Gasteiger partial charge in [-0.1, -0.05) is 78.7 Å². The lowest BCUT2D eigenvalue weighted by atomic mass is 10.1. The second kappa shape index (κ2) is 7.58. The predicted molar refractivity (Wildman–Crippen MR) is 86.4 cm³/mol. The SMILES string of the molecule is C=C(C)c1ccc(C)cc1.CCc1ccc(C)cc1. The van der Waals surface area contributed by atoms with Gasteiger partial charge in [-0.2, -0.15) is 0 Å². The van der Waals surface area contributed by atoms with Crippen LogP contribution in [0.1, 0.15) is 36.1 Å². The molecule has 0 aliphatic carbocycles. The van der Waals surface area contributed by atoms with E-state index in [2.05, 4.69) is 75.9 Å². The Labute approximate surface area is 117 Å². The largest absolute Gasteiger partial charge is 0.0955 e. The fourth-order valence-corrected chi connectivity index (χ4v) is 1.66. The first-order valence-electron chi connectivity index (χ1n) is 6.81. The second-order valence-corrected chi connectivity index (χ2v) is 4.99. The summed E-state index contributed by atoms with van der Waals surface area (Å²) in [7, 11) is 0. The van der Waals surface area contributed by atoms with Crippen molar-refractivity contribution in [3.05, 3.63) is 77.4 Å². The van der Waals surface area contributed by atoms with Crippen LogP contribution in [0.2, 0.25) is 0 Å². The maximum atomic E-state index is 3.86. The minimum absolute atomic E-state index is 1.13. The van der Waals surface area contributed by atoms with E-state index in [1.807, 2.05) is 6.92 Å². The van der Waals surface area contributed by atoms with Gasteiger partial charge in [0, 0.05) is 0 Å². The van der Waals surface area contributed by atoms with Crippen molar-refractivity contribution in [1.82, 2.24) is 0 Å². The van der Waals surface area contributed by atoms with Gasteiger partial charge in [-0.05, 0) is 38.3 Å². The molecule has 0 bridgehead atoms. The molecule has 2 rings (SSSR count). The van der Waals surface area contributed by atoms with Crippen LogP contribution in [0.3, 0.4) is 0 Å². The molecule has 0 saturated carbocycles. The number of hydrogen-bond acceptors (Lipinski definition) is 0. The second-order valence-electron chi connectivity index (χ2n) is 4.99. The summed E-state index contributed by atoms with van der Waals surface area (Å²) < 4.78 is 0. The molecule has 19 heavy (non-hydrogen) atoms. The summed E-state index contributed by atoms with van der Waals surface area (Å²) in [5.41, 5.74) is 6.41. The molecule has 0 aliphatic rings. The van der Waals surface area contributed by atoms with Crippen molar-refractivity contribution in [3.63, 3.8) is 0 Å². The van der Waals surface area contributed by atoms with Crippen molar-refractivity contribution < 1.29 is 0 Å². The van der Waals surface area contributed by atoms with E-state index in [1.54, 1.807) is 0 Å². The summed E-state index contributed by atoms with van der Waals surface area (Å²) in [6.45, 7) is 12.2. The zero-order valence-corrected chi connectivity index (χ0v) is 12.5. The van der Waals surface area contributed by atoms with Gasteiger partial charge in [0.2, 0.25) is 0 Å². The van der Waals surface area contributed by atoms with Gasteiger partial charge < -0.3 is 0 Å². The average Bonchev–Trinajstić information content (AvgIpc) is 2.41. The topological polar surface area (TPSA) is 0 Å². The highest BCUT2D eigenvalue weighted by molar-refractivity contribution is 5.61. The standard InChI is InChI=1S/C10H12.C9H12/c1-8(2)10-6-4-9(3)5-7-10;1-3-9-6-4-8(2)5-7-9/h4-7H,1H2,2-3H3;4-7H,3H2,1-2H3. The molecule has 0 aromatic heterocycles. The summed E-state index contributed by atoms with van der Waals surface area (Å²) in [6.07, 6.45) is 1.14. The van der Waals surface area contributed by atoms with Crippen molar-refractivity contribution in [2.45, 2.75) is 34.1 Å². The van der Waals surface area contributed by atoms with Gasteiger partial charge in [-0.15, -0.1) is 0 Å². The van der Waals surface area contributed by atoms with Gasteiger partial charge in [-0.25, -0.2) is 0 Å². The zero-order valence-electron chi connectivity index (χ0n) is 12.5.